The Morgan fingerprint density at radius 3 is 2.13 bits per heavy atom. The van der Waals surface area contributed by atoms with Gasteiger partial charge in [-0.1, -0.05) is 0 Å². The Balaban J connectivity index is 0.00000230. The van der Waals surface area contributed by atoms with Crippen molar-refractivity contribution in [1.82, 2.24) is 0 Å². The summed E-state index contributed by atoms with van der Waals surface area (Å²) >= 11 is -0.865. The first-order chi connectivity index (χ1) is 20.6. The van der Waals surface area contributed by atoms with Gasteiger partial charge in [0.15, 0.2) is 0 Å². The maximum absolute atomic E-state index is 2.93. The first kappa shape index (κ1) is 36.0. The first-order valence-corrected chi connectivity index (χ1v) is 22.6. The molecule has 0 atom stereocenters. The van der Waals surface area contributed by atoms with Crippen LogP contribution in [0.3, 0.4) is 0 Å². The zero-order chi connectivity index (χ0) is 30.4. The van der Waals surface area contributed by atoms with Gasteiger partial charge in [0.1, 0.15) is 0 Å². The Hall–Kier alpha value is -1.84. The van der Waals surface area contributed by atoms with E-state index in [1.54, 1.807) is 17.7 Å². The molecule has 0 N–H and O–H groups in total. The monoisotopic (exact) mass is 820 g/mol. The molecule has 0 radical (unpaired) electrons. The van der Waals surface area contributed by atoms with Crippen LogP contribution in [-0.4, -0.2) is 3.26 Å². The Morgan fingerprint density at radius 1 is 0.800 bits per heavy atom. The SMILES string of the molecule is CCCCc1ccc([C](c2ccccc2)=[Hf+2]([c]2c(C(C)(C)C)ccc3c2Cc2cc(C(C)(C)C)ccc2-3)[CH]2C=CC=C2)s1.[Cl-].[Cl-]. The summed E-state index contributed by atoms with van der Waals surface area (Å²) in [6.07, 6.45) is 14.4. The van der Waals surface area contributed by atoms with E-state index in [4.69, 9.17) is 0 Å². The number of hydrogen-bond donors (Lipinski definition) is 0. The second-order valence-electron chi connectivity index (χ2n) is 14.4. The van der Waals surface area contributed by atoms with Crippen molar-refractivity contribution in [2.24, 2.45) is 0 Å². The van der Waals surface area contributed by atoms with Crippen LogP contribution in [0, 0.1) is 0 Å². The van der Waals surface area contributed by atoms with Gasteiger partial charge < -0.3 is 24.8 Å². The summed E-state index contributed by atoms with van der Waals surface area (Å²) in [5, 5.41) is 0. The predicted octanol–water partition coefficient (Wildman–Crippen LogP) is 4.69. The number of allylic oxidation sites excluding steroid dienone is 4. The van der Waals surface area contributed by atoms with Crippen molar-refractivity contribution in [1.29, 1.82) is 0 Å². The zero-order valence-corrected chi connectivity index (χ0v) is 33.7. The van der Waals surface area contributed by atoms with Crippen molar-refractivity contribution in [2.75, 3.05) is 0 Å². The summed E-state index contributed by atoms with van der Waals surface area (Å²) in [6.45, 7) is 16.6. The number of aryl methyl sites for hydroxylation is 1. The number of unbranched alkanes of at least 4 members (excludes halogenated alkanes) is 1. The summed E-state index contributed by atoms with van der Waals surface area (Å²) in [5.74, 6) is 0. The van der Waals surface area contributed by atoms with Crippen molar-refractivity contribution >= 4 is 17.9 Å². The van der Waals surface area contributed by atoms with Crippen LogP contribution in [0.15, 0.2) is 97.1 Å². The predicted molar refractivity (Wildman–Crippen MR) is 186 cm³/mol. The molecule has 2 aliphatic rings. The van der Waals surface area contributed by atoms with Gasteiger partial charge in [0.05, 0.1) is 0 Å². The van der Waals surface area contributed by atoms with E-state index in [0.717, 1.165) is 6.42 Å². The van der Waals surface area contributed by atoms with E-state index in [1.165, 1.54) is 56.8 Å². The minimum absolute atomic E-state index is 0. The summed E-state index contributed by atoms with van der Waals surface area (Å²) < 4.78 is 3.96. The Bertz CT molecular complexity index is 1730. The Morgan fingerprint density at radius 2 is 1.49 bits per heavy atom. The van der Waals surface area contributed by atoms with Gasteiger partial charge in [-0.15, -0.1) is 0 Å². The summed E-state index contributed by atoms with van der Waals surface area (Å²) in [6, 6.07) is 28.6. The molecular weight excluding hydrogens is 774 g/mol. The first-order valence-electron chi connectivity index (χ1n) is 16.1. The van der Waals surface area contributed by atoms with Crippen LogP contribution in [0.4, 0.5) is 0 Å². The molecule has 0 bridgehead atoms. The maximum atomic E-state index is 2.53. The smallest absolute Gasteiger partial charge is 1.00 e. The van der Waals surface area contributed by atoms with Gasteiger partial charge in [0, 0.05) is 0 Å². The van der Waals surface area contributed by atoms with E-state index in [1.807, 2.05) is 0 Å². The molecule has 3 aromatic carbocycles. The number of benzene rings is 3. The molecular formula is C41H46Cl2HfS. The molecule has 0 spiro atoms. The molecule has 1 heterocycles. The largest absolute Gasteiger partial charge is 1.00 e. The molecule has 0 fully saturated rings. The van der Waals surface area contributed by atoms with Gasteiger partial charge in [0.25, 0.3) is 0 Å². The second kappa shape index (κ2) is 14.5. The summed E-state index contributed by atoms with van der Waals surface area (Å²) in [4.78, 5) is 3.04. The van der Waals surface area contributed by atoms with Crippen molar-refractivity contribution in [3.05, 3.63) is 135 Å². The molecule has 234 valence electrons. The van der Waals surface area contributed by atoms with Crippen LogP contribution in [0.25, 0.3) is 11.1 Å². The molecule has 0 saturated heterocycles. The number of halogens is 2. The van der Waals surface area contributed by atoms with Crippen LogP contribution in [0.5, 0.6) is 0 Å². The third-order valence-electron chi connectivity index (χ3n) is 9.12. The molecule has 0 unspecified atom stereocenters. The van der Waals surface area contributed by atoms with Crippen molar-refractivity contribution in [3.8, 4) is 11.1 Å². The normalized spacial score (nSPS) is 14.1. The van der Waals surface area contributed by atoms with Gasteiger partial charge in [-0.05, 0) is 0 Å². The standard InChI is InChI=1S/C21H25.C15H16S.C5H5.2ClH.Hf/c1-20(2,3)16-7-9-18-14(12-16)11-15-13-17(21(4,5)6)8-10-19(15)18;1-2-3-9-14-10-11-15(16-14)12-13-7-5-4-6-8-13;1-2-4-5-3-1;;;/h7-10,12H,11H2,1-6H3;4-8,10-11H,2-3,9H2,1H3;1-5H;2*1H;/q;;;;;+2/p-2. The number of thiophene rings is 1. The van der Waals surface area contributed by atoms with Crippen LogP contribution in [0.2, 0.25) is 3.67 Å². The number of fused-ring (bicyclic) bond motifs is 3. The fourth-order valence-electron chi connectivity index (χ4n) is 6.79. The Labute approximate surface area is 295 Å². The zero-order valence-electron chi connectivity index (χ0n) is 27.8. The second-order valence-corrected chi connectivity index (χ2v) is 24.5. The third kappa shape index (κ3) is 7.35. The van der Waals surface area contributed by atoms with Gasteiger partial charge in [-0.2, -0.15) is 0 Å². The number of rotatable bonds is 7. The minimum Gasteiger partial charge on any atom is -1.00 e. The van der Waals surface area contributed by atoms with Crippen LogP contribution in [0.1, 0.15) is 98.9 Å². The molecule has 2 aliphatic carbocycles. The van der Waals surface area contributed by atoms with E-state index in [0.29, 0.717) is 3.67 Å². The van der Waals surface area contributed by atoms with Crippen LogP contribution in [-0.2, 0) is 44.6 Å². The minimum atomic E-state index is -2.93. The Kier molecular flexibility index (Phi) is 11.6. The van der Waals surface area contributed by atoms with Gasteiger partial charge in [-0.3, -0.25) is 0 Å². The van der Waals surface area contributed by atoms with Gasteiger partial charge >= 0.3 is 273 Å². The molecule has 0 aliphatic heterocycles. The quantitative estimate of drug-likeness (QED) is 0.210. The van der Waals surface area contributed by atoms with E-state index in [2.05, 4.69) is 157 Å². The van der Waals surface area contributed by atoms with Crippen LogP contribution < -0.4 is 28.1 Å². The van der Waals surface area contributed by atoms with E-state index in [-0.39, 0.29) is 35.6 Å². The van der Waals surface area contributed by atoms with Gasteiger partial charge in [0.2, 0.25) is 0 Å². The number of hydrogen-bond acceptors (Lipinski definition) is 1. The molecule has 4 heteroatoms. The molecule has 0 nitrogen and oxygen atoms in total. The van der Waals surface area contributed by atoms with Crippen LogP contribution >= 0.6 is 11.3 Å². The molecule has 4 aromatic rings. The molecule has 6 rings (SSSR count). The van der Waals surface area contributed by atoms with E-state index in [9.17, 15) is 0 Å². The summed E-state index contributed by atoms with van der Waals surface area (Å²) in [5.41, 5.74) is 10.7. The molecule has 1 aromatic heterocycles. The average molecular weight is 820 g/mol. The van der Waals surface area contributed by atoms with E-state index >= 15 is 0 Å². The van der Waals surface area contributed by atoms with Crippen molar-refractivity contribution < 1.29 is 45.8 Å². The fraction of sp³-hybridized carbons (Fsp3) is 0.341. The molecule has 0 saturated carbocycles. The fourth-order valence-corrected chi connectivity index (χ4v) is 22.4. The maximum Gasteiger partial charge on any atom is -1.00 e. The summed E-state index contributed by atoms with van der Waals surface area (Å²) in [7, 11) is 0. The van der Waals surface area contributed by atoms with E-state index < -0.39 is 21.0 Å². The van der Waals surface area contributed by atoms with Crippen molar-refractivity contribution in [2.45, 2.75) is 88.7 Å². The molecule has 0 amide bonds. The van der Waals surface area contributed by atoms with Gasteiger partial charge in [-0.25, -0.2) is 0 Å². The molecule has 45 heavy (non-hydrogen) atoms. The average Bonchev–Trinajstić information content (AvgIpc) is 3.74. The third-order valence-corrected chi connectivity index (χ3v) is 22.6. The van der Waals surface area contributed by atoms with Crippen molar-refractivity contribution in [3.63, 3.8) is 0 Å². The topological polar surface area (TPSA) is 0 Å².